The molecular weight excluding hydrogens is 500 g/mol. The lowest BCUT2D eigenvalue weighted by molar-refractivity contribution is -0.185. The van der Waals surface area contributed by atoms with Crippen LogP contribution in [0.15, 0.2) is 30.9 Å². The summed E-state index contributed by atoms with van der Waals surface area (Å²) in [6, 6.07) is 6.40. The molecule has 1 saturated heterocycles. The van der Waals surface area contributed by atoms with Crippen LogP contribution in [-0.2, 0) is 16.6 Å². The zero-order valence-electron chi connectivity index (χ0n) is 22.4. The second kappa shape index (κ2) is 9.79. The number of nitrogens with one attached hydrogen (secondary N) is 1. The van der Waals surface area contributed by atoms with Crippen LogP contribution >= 0.6 is 0 Å². The normalized spacial score (nSPS) is 27.6. The van der Waals surface area contributed by atoms with Crippen LogP contribution in [-0.4, -0.2) is 80.9 Å². The fourth-order valence-corrected chi connectivity index (χ4v) is 5.67. The Balaban J connectivity index is 1.01. The Bertz CT molecular complexity index is 1470. The Morgan fingerprint density at radius 2 is 1.95 bits per heavy atom. The van der Waals surface area contributed by atoms with E-state index in [-0.39, 0.29) is 23.8 Å². The number of aryl methyl sites for hydroxylation is 1. The Hall–Kier alpha value is -3.16. The molecule has 0 bridgehead atoms. The molecule has 1 aromatic carbocycles. The van der Waals surface area contributed by atoms with Crippen LogP contribution in [0, 0.1) is 5.92 Å². The molecule has 3 aromatic heterocycles. The summed E-state index contributed by atoms with van der Waals surface area (Å²) in [4.78, 5) is 20.5. The van der Waals surface area contributed by atoms with Gasteiger partial charge in [0.15, 0.2) is 17.7 Å². The minimum absolute atomic E-state index is 0.0198. The monoisotopic (exact) mass is 536 g/mol. The van der Waals surface area contributed by atoms with Gasteiger partial charge in [-0.2, -0.15) is 5.06 Å². The highest BCUT2D eigenvalue weighted by Crippen LogP contribution is 2.37. The molecule has 1 aliphatic heterocycles. The van der Waals surface area contributed by atoms with Crippen molar-refractivity contribution in [2.45, 2.75) is 82.5 Å². The first-order chi connectivity index (χ1) is 18.6. The summed E-state index contributed by atoms with van der Waals surface area (Å²) in [6.45, 7) is 6.69. The van der Waals surface area contributed by atoms with E-state index in [1.807, 2.05) is 0 Å². The molecular formula is C27H36N8O4. The summed E-state index contributed by atoms with van der Waals surface area (Å²) in [5, 5.41) is 33.3. The molecule has 1 aliphatic carbocycles. The highest BCUT2D eigenvalue weighted by atomic mass is 16.6. The molecule has 208 valence electrons. The molecule has 12 heteroatoms. The van der Waals surface area contributed by atoms with E-state index in [0.29, 0.717) is 17.1 Å². The number of aromatic amines is 1. The predicted octanol–water partition coefficient (Wildman–Crippen LogP) is 2.30. The standard InChI is InChI=1S/C27H36N8O4/c1-27(2,3)15-5-6-17-18(10-15)33-20(32-17)7-4-14-8-16(9-14)35(38)11-19-22(36)23(37)26(39-19)34-13-31-21-24(28)29-12-30-25(21)34/h5-6,10,12-14,16,19,22-23,26,36-38H,4,7-9,11H2,1-3H3,(H,32,33)(H2,28,29,30). The number of H-pyrrole nitrogens is 1. The second-order valence-electron chi connectivity index (χ2n) is 11.9. The van der Waals surface area contributed by atoms with Gasteiger partial charge in [0.25, 0.3) is 0 Å². The molecule has 39 heavy (non-hydrogen) atoms. The van der Waals surface area contributed by atoms with Crippen molar-refractivity contribution in [3.05, 3.63) is 42.2 Å². The minimum atomic E-state index is -1.21. The van der Waals surface area contributed by atoms with Gasteiger partial charge < -0.3 is 30.9 Å². The van der Waals surface area contributed by atoms with E-state index in [1.165, 1.54) is 27.8 Å². The van der Waals surface area contributed by atoms with Gasteiger partial charge in [-0.15, -0.1) is 0 Å². The van der Waals surface area contributed by atoms with E-state index < -0.39 is 24.5 Å². The van der Waals surface area contributed by atoms with Gasteiger partial charge in [-0.3, -0.25) is 4.57 Å². The number of hydrogen-bond donors (Lipinski definition) is 5. The highest BCUT2D eigenvalue weighted by molar-refractivity contribution is 5.81. The topological polar surface area (TPSA) is 171 Å². The Labute approximate surface area is 225 Å². The van der Waals surface area contributed by atoms with Crippen molar-refractivity contribution in [1.82, 2.24) is 34.6 Å². The van der Waals surface area contributed by atoms with Crippen molar-refractivity contribution in [3.8, 4) is 0 Å². The fraction of sp³-hybridized carbons (Fsp3) is 0.556. The zero-order chi connectivity index (χ0) is 27.5. The molecule has 4 unspecified atom stereocenters. The van der Waals surface area contributed by atoms with E-state index in [1.54, 1.807) is 0 Å². The number of rotatable bonds is 7. The summed E-state index contributed by atoms with van der Waals surface area (Å²) in [5.74, 6) is 1.69. The number of aliphatic hydroxyl groups is 2. The first kappa shape index (κ1) is 26.1. The third-order valence-corrected chi connectivity index (χ3v) is 8.18. The average Bonchev–Trinajstić information content (AvgIpc) is 3.54. The van der Waals surface area contributed by atoms with Gasteiger partial charge in [0.2, 0.25) is 0 Å². The summed E-state index contributed by atoms with van der Waals surface area (Å²) >= 11 is 0. The molecule has 12 nitrogen and oxygen atoms in total. The smallest absolute Gasteiger partial charge is 0.167 e. The lowest BCUT2D eigenvalue weighted by atomic mass is 9.77. The fourth-order valence-electron chi connectivity index (χ4n) is 5.67. The van der Waals surface area contributed by atoms with Crippen molar-refractivity contribution < 1.29 is 20.2 Å². The molecule has 1 saturated carbocycles. The third-order valence-electron chi connectivity index (χ3n) is 8.18. The van der Waals surface area contributed by atoms with E-state index in [0.717, 1.165) is 42.5 Å². The lowest BCUT2D eigenvalue weighted by Gasteiger charge is -2.40. The molecule has 4 heterocycles. The van der Waals surface area contributed by atoms with E-state index in [4.69, 9.17) is 15.5 Å². The number of aromatic nitrogens is 6. The average molecular weight is 537 g/mol. The number of hydroxylamine groups is 2. The Kier molecular flexibility index (Phi) is 6.55. The van der Waals surface area contributed by atoms with Crippen molar-refractivity contribution >= 4 is 28.0 Å². The summed E-state index contributed by atoms with van der Waals surface area (Å²) < 4.78 is 7.50. The Morgan fingerprint density at radius 3 is 2.72 bits per heavy atom. The zero-order valence-corrected chi connectivity index (χ0v) is 22.4. The largest absolute Gasteiger partial charge is 0.387 e. The number of fused-ring (bicyclic) bond motifs is 2. The number of benzene rings is 1. The number of nitrogen functional groups attached to an aromatic ring is 1. The summed E-state index contributed by atoms with van der Waals surface area (Å²) in [7, 11) is 0. The van der Waals surface area contributed by atoms with Gasteiger partial charge in [0.1, 0.15) is 36.0 Å². The van der Waals surface area contributed by atoms with Gasteiger partial charge in [0, 0.05) is 12.5 Å². The molecule has 6 N–H and O–H groups in total. The molecule has 4 aromatic rings. The van der Waals surface area contributed by atoms with E-state index >= 15 is 0 Å². The van der Waals surface area contributed by atoms with Crippen molar-refractivity contribution in [3.63, 3.8) is 0 Å². The van der Waals surface area contributed by atoms with Gasteiger partial charge in [-0.05, 0) is 48.3 Å². The van der Waals surface area contributed by atoms with Gasteiger partial charge in [0.05, 0.1) is 23.9 Å². The van der Waals surface area contributed by atoms with Crippen LogP contribution in [0.4, 0.5) is 5.82 Å². The van der Waals surface area contributed by atoms with Gasteiger partial charge >= 0.3 is 0 Å². The first-order valence-corrected chi connectivity index (χ1v) is 13.5. The van der Waals surface area contributed by atoms with Crippen molar-refractivity contribution in [1.29, 1.82) is 0 Å². The lowest BCUT2D eigenvalue weighted by Crippen LogP contribution is -2.48. The molecule has 0 radical (unpaired) electrons. The maximum Gasteiger partial charge on any atom is 0.167 e. The second-order valence-corrected chi connectivity index (χ2v) is 11.9. The maximum atomic E-state index is 10.7. The predicted molar refractivity (Wildman–Crippen MR) is 144 cm³/mol. The Morgan fingerprint density at radius 1 is 1.15 bits per heavy atom. The van der Waals surface area contributed by atoms with Crippen LogP contribution in [0.2, 0.25) is 0 Å². The molecule has 0 spiro atoms. The summed E-state index contributed by atoms with van der Waals surface area (Å²) in [5.41, 5.74) is 10.1. The van der Waals surface area contributed by atoms with Crippen LogP contribution in [0.3, 0.4) is 0 Å². The quantitative estimate of drug-likeness (QED) is 0.221. The van der Waals surface area contributed by atoms with Gasteiger partial charge in [-0.1, -0.05) is 26.8 Å². The van der Waals surface area contributed by atoms with E-state index in [9.17, 15) is 15.4 Å². The molecule has 6 rings (SSSR count). The first-order valence-electron chi connectivity index (χ1n) is 13.5. The van der Waals surface area contributed by atoms with Crippen LogP contribution in [0.1, 0.15) is 57.6 Å². The summed E-state index contributed by atoms with van der Waals surface area (Å²) in [6.07, 6.45) is 2.23. The number of nitrogens with zero attached hydrogens (tertiary/aromatic N) is 6. The third kappa shape index (κ3) is 4.87. The van der Waals surface area contributed by atoms with Crippen molar-refractivity contribution in [2.75, 3.05) is 12.3 Å². The van der Waals surface area contributed by atoms with E-state index in [2.05, 4.69) is 58.9 Å². The van der Waals surface area contributed by atoms with Gasteiger partial charge in [-0.25, -0.2) is 19.9 Å². The molecule has 2 aliphatic rings. The number of ether oxygens (including phenoxy) is 1. The number of anilines is 1. The van der Waals surface area contributed by atoms with Crippen molar-refractivity contribution in [2.24, 2.45) is 5.92 Å². The van der Waals surface area contributed by atoms with Crippen LogP contribution in [0.25, 0.3) is 22.2 Å². The number of aliphatic hydroxyl groups excluding tert-OH is 2. The molecule has 2 fully saturated rings. The highest BCUT2D eigenvalue weighted by Gasteiger charge is 2.46. The number of nitrogens with two attached hydrogens (primary N) is 1. The number of hydrogen-bond acceptors (Lipinski definition) is 10. The van der Waals surface area contributed by atoms with Crippen LogP contribution in [0.5, 0.6) is 0 Å². The molecule has 4 atom stereocenters. The number of imidazole rings is 2. The maximum absolute atomic E-state index is 10.7. The molecule has 0 amide bonds. The van der Waals surface area contributed by atoms with Crippen LogP contribution < -0.4 is 5.73 Å². The minimum Gasteiger partial charge on any atom is -0.387 e. The SMILES string of the molecule is CC(C)(C)c1ccc2nc(CCC3CC(N(O)CC4OC(n5cnc6c(N)ncnc65)C(O)C4O)C3)[nH]c2c1.